The molecule has 3 aliphatic rings. The highest BCUT2D eigenvalue weighted by molar-refractivity contribution is 7.16. The number of thiazole rings is 1. The SMILES string of the molecule is CCc1nc(C23CC(C(C)C)(C2)C3)c2ncsc2n1. The number of hydrogen-bond acceptors (Lipinski definition) is 4. The zero-order chi connectivity index (χ0) is 13.3. The Hall–Kier alpha value is -1.03. The van der Waals surface area contributed by atoms with E-state index < -0.39 is 0 Å². The van der Waals surface area contributed by atoms with Crippen molar-refractivity contribution in [1.82, 2.24) is 15.0 Å². The second kappa shape index (κ2) is 3.54. The van der Waals surface area contributed by atoms with E-state index in [1.807, 2.05) is 5.51 Å². The molecule has 0 atom stereocenters. The molecule has 0 aliphatic heterocycles. The summed E-state index contributed by atoms with van der Waals surface area (Å²) in [5.41, 5.74) is 5.17. The molecule has 0 N–H and O–H groups in total. The Kier molecular flexibility index (Phi) is 2.19. The summed E-state index contributed by atoms with van der Waals surface area (Å²) in [7, 11) is 0. The molecule has 3 aliphatic carbocycles. The van der Waals surface area contributed by atoms with Gasteiger partial charge in [0.05, 0.1) is 11.2 Å². The summed E-state index contributed by atoms with van der Waals surface area (Å²) in [5.74, 6) is 1.78. The number of fused-ring (bicyclic) bond motifs is 1. The van der Waals surface area contributed by atoms with Gasteiger partial charge in [0.25, 0.3) is 0 Å². The predicted octanol–water partition coefficient (Wildman–Crippen LogP) is 3.73. The molecular weight excluding hydrogens is 254 g/mol. The Bertz CT molecular complexity index is 639. The van der Waals surface area contributed by atoms with Gasteiger partial charge in [0.15, 0.2) is 0 Å². The first kappa shape index (κ1) is 11.8. The number of aryl methyl sites for hydroxylation is 1. The summed E-state index contributed by atoms with van der Waals surface area (Å²) in [5, 5.41) is 0. The minimum absolute atomic E-state index is 0.337. The molecule has 3 saturated carbocycles. The second-order valence-electron chi connectivity index (χ2n) is 6.68. The van der Waals surface area contributed by atoms with Gasteiger partial charge in [-0.2, -0.15) is 0 Å². The zero-order valence-electron chi connectivity index (χ0n) is 11.7. The minimum Gasteiger partial charge on any atom is -0.241 e. The Morgan fingerprint density at radius 2 is 2.00 bits per heavy atom. The summed E-state index contributed by atoms with van der Waals surface area (Å²) in [6.45, 7) is 6.85. The first-order chi connectivity index (χ1) is 9.08. The number of rotatable bonds is 3. The molecule has 0 saturated heterocycles. The Balaban J connectivity index is 1.79. The molecule has 0 radical (unpaired) electrons. The maximum Gasteiger partial charge on any atom is 0.147 e. The van der Waals surface area contributed by atoms with Crippen molar-refractivity contribution >= 4 is 21.7 Å². The predicted molar refractivity (Wildman–Crippen MR) is 77.4 cm³/mol. The molecule has 0 amide bonds. The lowest BCUT2D eigenvalue weighted by Gasteiger charge is -2.72. The monoisotopic (exact) mass is 273 g/mol. The molecule has 19 heavy (non-hydrogen) atoms. The lowest BCUT2D eigenvalue weighted by molar-refractivity contribution is -0.174. The fourth-order valence-electron chi connectivity index (χ4n) is 4.06. The van der Waals surface area contributed by atoms with E-state index in [1.165, 1.54) is 25.0 Å². The molecule has 3 fully saturated rings. The first-order valence-electron chi connectivity index (χ1n) is 7.19. The largest absolute Gasteiger partial charge is 0.241 e. The highest BCUT2D eigenvalue weighted by Gasteiger charge is 2.70. The van der Waals surface area contributed by atoms with E-state index in [1.54, 1.807) is 11.3 Å². The zero-order valence-corrected chi connectivity index (χ0v) is 12.5. The van der Waals surface area contributed by atoms with Crippen LogP contribution in [0, 0.1) is 11.3 Å². The molecule has 2 heterocycles. The van der Waals surface area contributed by atoms with Gasteiger partial charge in [0, 0.05) is 11.8 Å². The Labute approximate surface area is 117 Å². The number of aromatic nitrogens is 3. The van der Waals surface area contributed by atoms with Crippen LogP contribution in [0.5, 0.6) is 0 Å². The van der Waals surface area contributed by atoms with Crippen LogP contribution in [0.1, 0.15) is 51.6 Å². The molecule has 2 aromatic heterocycles. The van der Waals surface area contributed by atoms with Crippen LogP contribution in [-0.4, -0.2) is 15.0 Å². The fraction of sp³-hybridized carbons (Fsp3) is 0.667. The Morgan fingerprint density at radius 1 is 1.26 bits per heavy atom. The molecule has 0 unspecified atom stereocenters. The standard InChI is InChI=1S/C15H19N3S/c1-4-10-17-12(11-13(18-10)19-8-16-11)15-5-14(6-15,7-15)9(2)3/h8-9H,4-7H2,1-3H3. The minimum atomic E-state index is 0.337. The molecule has 0 aromatic carbocycles. The van der Waals surface area contributed by atoms with E-state index >= 15 is 0 Å². The third kappa shape index (κ3) is 1.36. The third-order valence-corrected chi connectivity index (χ3v) is 6.08. The lowest BCUT2D eigenvalue weighted by atomic mass is 9.31. The van der Waals surface area contributed by atoms with Crippen LogP contribution in [0.15, 0.2) is 5.51 Å². The van der Waals surface area contributed by atoms with Crippen LogP contribution in [0.25, 0.3) is 10.3 Å². The average molecular weight is 273 g/mol. The van der Waals surface area contributed by atoms with Crippen LogP contribution in [0.3, 0.4) is 0 Å². The normalized spacial score (nSPS) is 32.4. The van der Waals surface area contributed by atoms with Crippen molar-refractivity contribution in [2.24, 2.45) is 11.3 Å². The maximum atomic E-state index is 4.85. The van der Waals surface area contributed by atoms with Crippen LogP contribution < -0.4 is 0 Å². The van der Waals surface area contributed by atoms with E-state index in [-0.39, 0.29) is 0 Å². The molecular formula is C15H19N3S. The first-order valence-corrected chi connectivity index (χ1v) is 8.07. The van der Waals surface area contributed by atoms with E-state index in [0.717, 1.165) is 28.5 Å². The van der Waals surface area contributed by atoms with Crippen LogP contribution in [0.2, 0.25) is 0 Å². The van der Waals surface area contributed by atoms with Gasteiger partial charge in [-0.1, -0.05) is 20.8 Å². The summed E-state index contributed by atoms with van der Waals surface area (Å²) >= 11 is 1.64. The molecule has 3 nitrogen and oxygen atoms in total. The molecule has 5 rings (SSSR count). The van der Waals surface area contributed by atoms with Crippen molar-refractivity contribution in [3.63, 3.8) is 0 Å². The highest BCUT2D eigenvalue weighted by atomic mass is 32.1. The van der Waals surface area contributed by atoms with Gasteiger partial charge in [-0.3, -0.25) is 0 Å². The lowest BCUT2D eigenvalue weighted by Crippen LogP contribution is -2.67. The molecule has 4 heteroatoms. The fourth-order valence-corrected chi connectivity index (χ4v) is 4.74. The third-order valence-electron chi connectivity index (χ3n) is 5.36. The number of nitrogens with zero attached hydrogens (tertiary/aromatic N) is 3. The van der Waals surface area contributed by atoms with Crippen molar-refractivity contribution in [2.45, 2.75) is 51.9 Å². The van der Waals surface area contributed by atoms with Gasteiger partial charge in [-0.15, -0.1) is 11.3 Å². The van der Waals surface area contributed by atoms with Gasteiger partial charge < -0.3 is 0 Å². The maximum absolute atomic E-state index is 4.85. The van der Waals surface area contributed by atoms with Crippen molar-refractivity contribution in [3.8, 4) is 0 Å². The van der Waals surface area contributed by atoms with E-state index in [4.69, 9.17) is 4.98 Å². The average Bonchev–Trinajstić information content (AvgIpc) is 2.72. The van der Waals surface area contributed by atoms with Gasteiger partial charge >= 0.3 is 0 Å². The van der Waals surface area contributed by atoms with Crippen molar-refractivity contribution in [1.29, 1.82) is 0 Å². The Morgan fingerprint density at radius 3 is 2.63 bits per heavy atom. The van der Waals surface area contributed by atoms with Crippen molar-refractivity contribution in [2.75, 3.05) is 0 Å². The van der Waals surface area contributed by atoms with Gasteiger partial charge in [0.1, 0.15) is 16.2 Å². The topological polar surface area (TPSA) is 38.7 Å². The van der Waals surface area contributed by atoms with Crippen LogP contribution >= 0.6 is 11.3 Å². The second-order valence-corrected chi connectivity index (χ2v) is 7.51. The summed E-state index contributed by atoms with van der Waals surface area (Å²) in [6, 6.07) is 0. The van der Waals surface area contributed by atoms with Crippen molar-refractivity contribution < 1.29 is 0 Å². The van der Waals surface area contributed by atoms with Crippen LogP contribution in [0.4, 0.5) is 0 Å². The van der Waals surface area contributed by atoms with Gasteiger partial charge in [-0.05, 0) is 30.6 Å². The quantitative estimate of drug-likeness (QED) is 0.855. The summed E-state index contributed by atoms with van der Waals surface area (Å²) in [6.07, 6.45) is 4.84. The molecule has 100 valence electrons. The smallest absolute Gasteiger partial charge is 0.147 e. The summed E-state index contributed by atoms with van der Waals surface area (Å²) < 4.78 is 0. The van der Waals surface area contributed by atoms with E-state index in [0.29, 0.717) is 10.8 Å². The van der Waals surface area contributed by atoms with Crippen LogP contribution in [-0.2, 0) is 11.8 Å². The van der Waals surface area contributed by atoms with E-state index in [9.17, 15) is 0 Å². The summed E-state index contributed by atoms with van der Waals surface area (Å²) in [4.78, 5) is 15.0. The molecule has 2 aromatic rings. The molecule has 0 spiro atoms. The van der Waals surface area contributed by atoms with Crippen molar-refractivity contribution in [3.05, 3.63) is 17.0 Å². The molecule has 2 bridgehead atoms. The highest BCUT2D eigenvalue weighted by Crippen LogP contribution is 2.76. The van der Waals surface area contributed by atoms with Gasteiger partial charge in [0.2, 0.25) is 0 Å². The van der Waals surface area contributed by atoms with E-state index in [2.05, 4.69) is 30.7 Å². The number of hydrogen-bond donors (Lipinski definition) is 0. The van der Waals surface area contributed by atoms with Gasteiger partial charge in [-0.25, -0.2) is 15.0 Å².